The van der Waals surface area contributed by atoms with E-state index in [1.807, 2.05) is 0 Å². The van der Waals surface area contributed by atoms with E-state index in [0.717, 1.165) is 18.2 Å². The SMILES string of the molecule is O=C(OCc1ccccc1)C(=O)c1cc(C(=O)O)cc(C(=O)C(=O)OCc2ccccc2)c1. The van der Waals surface area contributed by atoms with Crippen LogP contribution in [0.15, 0.2) is 78.9 Å². The van der Waals surface area contributed by atoms with Crippen molar-refractivity contribution in [2.24, 2.45) is 0 Å². The fourth-order valence-corrected chi connectivity index (χ4v) is 2.83. The van der Waals surface area contributed by atoms with Gasteiger partial charge < -0.3 is 14.6 Å². The third-order valence-electron chi connectivity index (χ3n) is 4.50. The minimum Gasteiger partial charge on any atom is -0.478 e. The van der Waals surface area contributed by atoms with Crippen LogP contribution in [0, 0.1) is 0 Å². The maximum absolute atomic E-state index is 12.5. The highest BCUT2D eigenvalue weighted by Gasteiger charge is 2.25. The summed E-state index contributed by atoms with van der Waals surface area (Å²) in [7, 11) is 0. The van der Waals surface area contributed by atoms with Crippen molar-refractivity contribution >= 4 is 29.5 Å². The number of ether oxygens (including phenoxy) is 2. The van der Waals surface area contributed by atoms with Crippen molar-refractivity contribution in [3.8, 4) is 0 Å². The molecule has 3 aromatic carbocycles. The molecular formula is C25H18O8. The Kier molecular flexibility index (Phi) is 7.43. The van der Waals surface area contributed by atoms with Crippen LogP contribution in [0.3, 0.4) is 0 Å². The predicted molar refractivity (Wildman–Crippen MR) is 115 cm³/mol. The smallest absolute Gasteiger partial charge is 0.380 e. The van der Waals surface area contributed by atoms with Gasteiger partial charge in [-0.05, 0) is 29.3 Å². The van der Waals surface area contributed by atoms with Gasteiger partial charge in [-0.3, -0.25) is 9.59 Å². The first-order valence-electron chi connectivity index (χ1n) is 9.74. The lowest BCUT2D eigenvalue weighted by Crippen LogP contribution is -2.21. The molecule has 0 saturated carbocycles. The number of aromatic carboxylic acids is 1. The lowest BCUT2D eigenvalue weighted by Gasteiger charge is -2.08. The first-order valence-corrected chi connectivity index (χ1v) is 9.74. The molecular weight excluding hydrogens is 428 g/mol. The summed E-state index contributed by atoms with van der Waals surface area (Å²) in [6.07, 6.45) is 0. The Balaban J connectivity index is 1.75. The summed E-state index contributed by atoms with van der Waals surface area (Å²) in [4.78, 5) is 60.8. The average Bonchev–Trinajstić information content (AvgIpc) is 2.85. The van der Waals surface area contributed by atoms with E-state index < -0.39 is 46.2 Å². The topological polar surface area (TPSA) is 124 Å². The molecule has 0 saturated heterocycles. The van der Waals surface area contributed by atoms with Crippen LogP contribution in [-0.2, 0) is 32.3 Å². The summed E-state index contributed by atoms with van der Waals surface area (Å²) >= 11 is 0. The van der Waals surface area contributed by atoms with Gasteiger partial charge in [0.05, 0.1) is 5.56 Å². The Morgan fingerprint density at radius 3 is 1.30 bits per heavy atom. The fourth-order valence-electron chi connectivity index (χ4n) is 2.83. The molecule has 0 heterocycles. The number of carboxylic acids is 1. The van der Waals surface area contributed by atoms with Crippen LogP contribution >= 0.6 is 0 Å². The van der Waals surface area contributed by atoms with E-state index in [0.29, 0.717) is 11.1 Å². The Hall–Kier alpha value is -4.59. The van der Waals surface area contributed by atoms with Gasteiger partial charge in [0.2, 0.25) is 0 Å². The van der Waals surface area contributed by atoms with Crippen LogP contribution in [0.5, 0.6) is 0 Å². The molecule has 3 aromatic rings. The van der Waals surface area contributed by atoms with Crippen molar-refractivity contribution in [3.63, 3.8) is 0 Å². The fraction of sp³-hybridized carbons (Fsp3) is 0.0800. The number of Topliss-reactive ketones (excluding diaryl/α,β-unsaturated/α-hetero) is 2. The zero-order chi connectivity index (χ0) is 23.8. The van der Waals surface area contributed by atoms with Gasteiger partial charge in [0.1, 0.15) is 13.2 Å². The molecule has 0 aliphatic heterocycles. The maximum atomic E-state index is 12.5. The third-order valence-corrected chi connectivity index (χ3v) is 4.50. The second kappa shape index (κ2) is 10.6. The molecule has 0 atom stereocenters. The molecule has 0 aromatic heterocycles. The Morgan fingerprint density at radius 2 is 0.939 bits per heavy atom. The summed E-state index contributed by atoms with van der Waals surface area (Å²) in [5, 5.41) is 9.32. The van der Waals surface area contributed by atoms with E-state index >= 15 is 0 Å². The summed E-state index contributed by atoms with van der Waals surface area (Å²) in [5.74, 6) is -6.21. The molecule has 0 unspecified atom stereocenters. The highest BCUT2D eigenvalue weighted by Crippen LogP contribution is 2.15. The monoisotopic (exact) mass is 446 g/mol. The molecule has 0 amide bonds. The third kappa shape index (κ3) is 6.20. The van der Waals surface area contributed by atoms with Gasteiger partial charge in [-0.2, -0.15) is 0 Å². The minimum absolute atomic E-state index is 0.165. The van der Waals surface area contributed by atoms with E-state index in [-0.39, 0.29) is 13.2 Å². The standard InChI is InChI=1S/C25H18O8/c26-21(24(30)32-14-16-7-3-1-4-8-16)18-11-19(13-20(12-18)23(28)29)22(27)25(31)33-15-17-9-5-2-6-10-17/h1-13H,14-15H2,(H,28,29). The molecule has 3 rings (SSSR count). The van der Waals surface area contributed by atoms with Crippen molar-refractivity contribution in [2.45, 2.75) is 13.2 Å². The number of benzene rings is 3. The summed E-state index contributed by atoms with van der Waals surface area (Å²) in [5.41, 5.74) is 0.0557. The molecule has 0 aliphatic carbocycles. The van der Waals surface area contributed by atoms with Crippen LogP contribution in [0.25, 0.3) is 0 Å². The van der Waals surface area contributed by atoms with Crippen LogP contribution in [0.1, 0.15) is 42.2 Å². The number of carbonyl (C=O) groups is 5. The van der Waals surface area contributed by atoms with Gasteiger partial charge in [0.25, 0.3) is 11.6 Å². The van der Waals surface area contributed by atoms with Gasteiger partial charge >= 0.3 is 17.9 Å². The van der Waals surface area contributed by atoms with Gasteiger partial charge in [0.15, 0.2) is 0 Å². The molecule has 0 spiro atoms. The highest BCUT2D eigenvalue weighted by atomic mass is 16.5. The zero-order valence-corrected chi connectivity index (χ0v) is 17.2. The largest absolute Gasteiger partial charge is 0.478 e. The number of hydrogen-bond donors (Lipinski definition) is 1. The first-order chi connectivity index (χ1) is 15.8. The van der Waals surface area contributed by atoms with E-state index in [2.05, 4.69) is 0 Å². The number of rotatable bonds is 9. The predicted octanol–water partition coefficient (Wildman–Crippen LogP) is 3.24. The van der Waals surface area contributed by atoms with Gasteiger partial charge in [0, 0.05) is 11.1 Å². The summed E-state index contributed by atoms with van der Waals surface area (Å²) in [6, 6.07) is 20.1. The molecule has 0 bridgehead atoms. The van der Waals surface area contributed by atoms with E-state index in [4.69, 9.17) is 9.47 Å². The molecule has 8 heteroatoms. The van der Waals surface area contributed by atoms with Crippen LogP contribution < -0.4 is 0 Å². The summed E-state index contributed by atoms with van der Waals surface area (Å²) < 4.78 is 9.94. The van der Waals surface area contributed by atoms with Crippen LogP contribution in [-0.4, -0.2) is 34.6 Å². The Labute approximate surface area is 188 Å². The second-order valence-electron chi connectivity index (χ2n) is 6.89. The average molecular weight is 446 g/mol. The minimum atomic E-state index is -1.45. The van der Waals surface area contributed by atoms with Crippen LogP contribution in [0.4, 0.5) is 0 Å². The van der Waals surface area contributed by atoms with Crippen molar-refractivity contribution in [1.82, 2.24) is 0 Å². The lowest BCUT2D eigenvalue weighted by atomic mass is 10.00. The quantitative estimate of drug-likeness (QED) is 0.302. The van der Waals surface area contributed by atoms with Crippen LogP contribution in [0.2, 0.25) is 0 Å². The van der Waals surface area contributed by atoms with Crippen molar-refractivity contribution in [2.75, 3.05) is 0 Å². The Bertz CT molecular complexity index is 1110. The molecule has 166 valence electrons. The lowest BCUT2D eigenvalue weighted by molar-refractivity contribution is -0.140. The molecule has 8 nitrogen and oxygen atoms in total. The molecule has 33 heavy (non-hydrogen) atoms. The van der Waals surface area contributed by atoms with Gasteiger partial charge in [-0.25, -0.2) is 14.4 Å². The van der Waals surface area contributed by atoms with Gasteiger partial charge in [-0.1, -0.05) is 60.7 Å². The van der Waals surface area contributed by atoms with Crippen molar-refractivity contribution in [1.29, 1.82) is 0 Å². The molecule has 0 fully saturated rings. The molecule has 1 N–H and O–H groups in total. The zero-order valence-electron chi connectivity index (χ0n) is 17.2. The maximum Gasteiger partial charge on any atom is 0.380 e. The summed E-state index contributed by atoms with van der Waals surface area (Å²) in [6.45, 7) is -0.330. The molecule has 0 radical (unpaired) electrons. The van der Waals surface area contributed by atoms with Crippen molar-refractivity contribution < 1.29 is 38.6 Å². The second-order valence-corrected chi connectivity index (χ2v) is 6.89. The Morgan fingerprint density at radius 1 is 0.576 bits per heavy atom. The normalized spacial score (nSPS) is 10.2. The van der Waals surface area contributed by atoms with Crippen molar-refractivity contribution in [3.05, 3.63) is 107 Å². The highest BCUT2D eigenvalue weighted by molar-refractivity contribution is 6.43. The first kappa shape index (κ1) is 23.1. The van der Waals surface area contributed by atoms with E-state index in [9.17, 15) is 29.1 Å². The van der Waals surface area contributed by atoms with E-state index in [1.165, 1.54) is 0 Å². The number of hydrogen-bond acceptors (Lipinski definition) is 7. The number of carbonyl (C=O) groups excluding carboxylic acids is 4. The molecule has 0 aliphatic rings. The number of esters is 2. The van der Waals surface area contributed by atoms with E-state index in [1.54, 1.807) is 60.7 Å². The van der Waals surface area contributed by atoms with Gasteiger partial charge in [-0.15, -0.1) is 0 Å². The number of ketones is 2. The number of carboxylic acid groups (broad SMARTS) is 1.